The molecule has 18 heavy (non-hydrogen) atoms. The summed E-state index contributed by atoms with van der Waals surface area (Å²) < 4.78 is 5.81. The minimum atomic E-state index is -0.442. The van der Waals surface area contributed by atoms with E-state index in [1.807, 2.05) is 36.4 Å². The lowest BCUT2D eigenvalue weighted by molar-refractivity contribution is 0.0999. The summed E-state index contributed by atoms with van der Waals surface area (Å²) in [5, 5.41) is 0. The minimum Gasteiger partial charge on any atom is -0.497 e. The van der Waals surface area contributed by atoms with Gasteiger partial charge in [-0.25, -0.2) is 0 Å². The molecule has 2 aromatic carbocycles. The number of primary amides is 1. The highest BCUT2D eigenvalue weighted by Gasteiger charge is 2.07. The molecule has 0 aliphatic rings. The van der Waals surface area contributed by atoms with E-state index in [-0.39, 0.29) is 0 Å². The van der Waals surface area contributed by atoms with Crippen molar-refractivity contribution in [3.63, 3.8) is 0 Å². The zero-order valence-electron chi connectivity index (χ0n) is 9.81. The van der Waals surface area contributed by atoms with Crippen LogP contribution in [0, 0.1) is 0 Å². The topological polar surface area (TPSA) is 52.3 Å². The lowest BCUT2D eigenvalue weighted by Gasteiger charge is -2.06. The lowest BCUT2D eigenvalue weighted by atomic mass is 10.0. The number of nitrogens with two attached hydrogens (primary N) is 1. The molecule has 0 atom stereocenters. The van der Waals surface area contributed by atoms with Crippen molar-refractivity contribution in [3.8, 4) is 16.9 Å². The van der Waals surface area contributed by atoms with Gasteiger partial charge in [0.15, 0.2) is 0 Å². The molecule has 1 amide bonds. The van der Waals surface area contributed by atoms with Gasteiger partial charge in [-0.3, -0.25) is 4.79 Å². The highest BCUT2D eigenvalue weighted by molar-refractivity contribution is 9.10. The largest absolute Gasteiger partial charge is 0.497 e. The van der Waals surface area contributed by atoms with Crippen molar-refractivity contribution < 1.29 is 9.53 Å². The quantitative estimate of drug-likeness (QED) is 0.946. The van der Waals surface area contributed by atoms with Crippen LogP contribution in [0.15, 0.2) is 46.9 Å². The van der Waals surface area contributed by atoms with E-state index in [1.54, 1.807) is 13.2 Å². The van der Waals surface area contributed by atoms with E-state index < -0.39 is 5.91 Å². The lowest BCUT2D eigenvalue weighted by Crippen LogP contribution is -2.11. The number of benzene rings is 2. The van der Waals surface area contributed by atoms with Crippen LogP contribution in [-0.4, -0.2) is 13.0 Å². The van der Waals surface area contributed by atoms with Crippen molar-refractivity contribution in [1.29, 1.82) is 0 Å². The summed E-state index contributed by atoms with van der Waals surface area (Å²) in [4.78, 5) is 11.1. The van der Waals surface area contributed by atoms with E-state index in [9.17, 15) is 4.79 Å². The number of rotatable bonds is 3. The molecule has 92 valence electrons. The molecule has 0 saturated carbocycles. The number of halogens is 1. The van der Waals surface area contributed by atoms with Crippen molar-refractivity contribution >= 4 is 21.8 Å². The molecule has 2 aromatic rings. The molecule has 0 aliphatic carbocycles. The van der Waals surface area contributed by atoms with Crippen molar-refractivity contribution in [2.75, 3.05) is 7.11 Å². The minimum absolute atomic E-state index is 0.442. The van der Waals surface area contributed by atoms with E-state index in [4.69, 9.17) is 10.5 Å². The van der Waals surface area contributed by atoms with Crippen LogP contribution >= 0.6 is 15.9 Å². The molecule has 0 saturated heterocycles. The first-order chi connectivity index (χ1) is 8.61. The molecule has 3 nitrogen and oxygen atoms in total. The third-order valence-corrected chi connectivity index (χ3v) is 3.31. The second kappa shape index (κ2) is 5.23. The smallest absolute Gasteiger partial charge is 0.249 e. The first kappa shape index (κ1) is 12.6. The molecule has 2 rings (SSSR count). The number of hydrogen-bond donors (Lipinski definition) is 1. The Hall–Kier alpha value is -1.81. The zero-order valence-corrected chi connectivity index (χ0v) is 11.4. The van der Waals surface area contributed by atoms with Gasteiger partial charge in [-0.1, -0.05) is 18.2 Å². The van der Waals surface area contributed by atoms with Crippen molar-refractivity contribution in [2.45, 2.75) is 0 Å². The number of carbonyl (C=O) groups is 1. The maximum Gasteiger partial charge on any atom is 0.249 e. The van der Waals surface area contributed by atoms with Gasteiger partial charge < -0.3 is 10.5 Å². The number of methoxy groups -OCH3 is 1. The van der Waals surface area contributed by atoms with Crippen LogP contribution in [0.2, 0.25) is 0 Å². The van der Waals surface area contributed by atoms with Crippen LogP contribution in [0.4, 0.5) is 0 Å². The Morgan fingerprint density at radius 2 is 1.72 bits per heavy atom. The van der Waals surface area contributed by atoms with Gasteiger partial charge in [0, 0.05) is 4.47 Å². The van der Waals surface area contributed by atoms with E-state index in [1.165, 1.54) is 0 Å². The first-order valence-corrected chi connectivity index (χ1v) is 6.15. The molecular formula is C14H12BrNO2. The normalized spacial score (nSPS) is 10.1. The van der Waals surface area contributed by atoms with Crippen LogP contribution in [-0.2, 0) is 0 Å². The summed E-state index contributed by atoms with van der Waals surface area (Å²) in [5.74, 6) is 0.370. The average molecular weight is 306 g/mol. The van der Waals surface area contributed by atoms with Gasteiger partial charge in [0.25, 0.3) is 0 Å². The Kier molecular flexibility index (Phi) is 3.67. The fourth-order valence-corrected chi connectivity index (χ4v) is 2.25. The first-order valence-electron chi connectivity index (χ1n) is 5.35. The second-order valence-corrected chi connectivity index (χ2v) is 4.64. The number of ether oxygens (including phenoxy) is 1. The van der Waals surface area contributed by atoms with E-state index in [0.29, 0.717) is 10.0 Å². The van der Waals surface area contributed by atoms with Gasteiger partial charge in [-0.15, -0.1) is 0 Å². The average Bonchev–Trinajstić information content (AvgIpc) is 2.38. The molecule has 2 N–H and O–H groups in total. The summed E-state index contributed by atoms with van der Waals surface area (Å²) in [7, 11) is 1.63. The predicted octanol–water partition coefficient (Wildman–Crippen LogP) is 3.22. The summed E-state index contributed by atoms with van der Waals surface area (Å²) in [6.07, 6.45) is 0. The highest BCUT2D eigenvalue weighted by Crippen LogP contribution is 2.27. The van der Waals surface area contributed by atoms with Crippen molar-refractivity contribution in [3.05, 3.63) is 52.5 Å². The van der Waals surface area contributed by atoms with Crippen molar-refractivity contribution in [2.24, 2.45) is 5.73 Å². The Bertz CT molecular complexity index is 579. The molecule has 0 radical (unpaired) electrons. The van der Waals surface area contributed by atoms with Gasteiger partial charge in [0.1, 0.15) is 5.75 Å². The number of hydrogen-bond acceptors (Lipinski definition) is 2. The summed E-state index contributed by atoms with van der Waals surface area (Å²) in [5.41, 5.74) is 7.79. The molecule has 0 unspecified atom stereocenters. The van der Waals surface area contributed by atoms with Crippen LogP contribution < -0.4 is 10.5 Å². The zero-order chi connectivity index (χ0) is 13.1. The standard InChI is InChI=1S/C14H12BrNO2/c1-18-11-5-2-9(3-6-11)10-4-7-12(14(16)17)13(15)8-10/h2-8H,1H3,(H2,16,17). The SMILES string of the molecule is COc1ccc(-c2ccc(C(N)=O)c(Br)c2)cc1. The molecule has 0 aliphatic heterocycles. The third-order valence-electron chi connectivity index (χ3n) is 2.66. The van der Waals surface area contributed by atoms with Gasteiger partial charge in [-0.2, -0.15) is 0 Å². The number of carbonyl (C=O) groups excluding carboxylic acids is 1. The van der Waals surface area contributed by atoms with Gasteiger partial charge >= 0.3 is 0 Å². The maximum absolute atomic E-state index is 11.1. The second-order valence-electron chi connectivity index (χ2n) is 3.79. The van der Waals surface area contributed by atoms with Crippen molar-refractivity contribution in [1.82, 2.24) is 0 Å². The van der Waals surface area contributed by atoms with Crippen LogP contribution in [0.3, 0.4) is 0 Å². The molecule has 0 fully saturated rings. The predicted molar refractivity (Wildman–Crippen MR) is 74.6 cm³/mol. The Morgan fingerprint density at radius 3 is 2.22 bits per heavy atom. The summed E-state index contributed by atoms with van der Waals surface area (Å²) >= 11 is 3.35. The van der Waals surface area contributed by atoms with E-state index in [2.05, 4.69) is 15.9 Å². The molecular weight excluding hydrogens is 294 g/mol. The van der Waals surface area contributed by atoms with Gasteiger partial charge in [0.2, 0.25) is 5.91 Å². The Balaban J connectivity index is 2.39. The molecule has 0 spiro atoms. The molecule has 0 bridgehead atoms. The highest BCUT2D eigenvalue weighted by atomic mass is 79.9. The van der Waals surface area contributed by atoms with Crippen LogP contribution in [0.1, 0.15) is 10.4 Å². The van der Waals surface area contributed by atoms with Gasteiger partial charge in [-0.05, 0) is 51.3 Å². The molecule has 0 aromatic heterocycles. The third kappa shape index (κ3) is 2.54. The molecule has 4 heteroatoms. The molecule has 0 heterocycles. The maximum atomic E-state index is 11.1. The Labute approximate surface area is 114 Å². The Morgan fingerprint density at radius 1 is 1.11 bits per heavy atom. The fourth-order valence-electron chi connectivity index (χ4n) is 1.68. The van der Waals surface area contributed by atoms with E-state index in [0.717, 1.165) is 16.9 Å². The number of amides is 1. The summed E-state index contributed by atoms with van der Waals surface area (Å²) in [6.45, 7) is 0. The van der Waals surface area contributed by atoms with E-state index >= 15 is 0 Å². The monoisotopic (exact) mass is 305 g/mol. The summed E-state index contributed by atoms with van der Waals surface area (Å²) in [6, 6.07) is 13.2. The fraction of sp³-hybridized carbons (Fsp3) is 0.0714. The van der Waals surface area contributed by atoms with Crippen LogP contribution in [0.5, 0.6) is 5.75 Å². The van der Waals surface area contributed by atoms with Crippen LogP contribution in [0.25, 0.3) is 11.1 Å². The van der Waals surface area contributed by atoms with Gasteiger partial charge in [0.05, 0.1) is 12.7 Å².